The highest BCUT2D eigenvalue weighted by Crippen LogP contribution is 2.37. The first-order chi connectivity index (χ1) is 17.9. The van der Waals surface area contributed by atoms with Crippen molar-refractivity contribution in [3.63, 3.8) is 0 Å². The zero-order chi connectivity index (χ0) is 25.7. The summed E-state index contributed by atoms with van der Waals surface area (Å²) in [5.74, 6) is 1.06. The number of halogens is 2. The molecule has 0 radical (unpaired) electrons. The van der Waals surface area contributed by atoms with E-state index < -0.39 is 11.3 Å². The van der Waals surface area contributed by atoms with E-state index in [0.29, 0.717) is 74.4 Å². The molecule has 5 aromatic rings. The van der Waals surface area contributed by atoms with Gasteiger partial charge in [-0.05, 0) is 42.0 Å². The fourth-order valence-corrected chi connectivity index (χ4v) is 5.13. The van der Waals surface area contributed by atoms with Gasteiger partial charge in [-0.25, -0.2) is 9.59 Å². The van der Waals surface area contributed by atoms with Crippen LogP contribution in [-0.2, 0) is 13.1 Å². The smallest absolute Gasteiger partial charge is 0.344 e. The molecule has 1 aliphatic heterocycles. The lowest BCUT2D eigenvalue weighted by molar-refractivity contribution is 0.0890. The van der Waals surface area contributed by atoms with Crippen molar-refractivity contribution in [3.05, 3.63) is 103 Å². The average Bonchev–Trinajstić information content (AvgIpc) is 2.89. The third-order valence-electron chi connectivity index (χ3n) is 6.40. The maximum absolute atomic E-state index is 13.0. The van der Waals surface area contributed by atoms with Gasteiger partial charge in [0, 0.05) is 45.5 Å². The monoisotopic (exact) mass is 535 g/mol. The normalized spacial score (nSPS) is 13.5. The predicted molar refractivity (Wildman–Crippen MR) is 142 cm³/mol. The number of hydrogen-bond acceptors (Lipinski definition) is 7. The average molecular weight is 536 g/mol. The summed E-state index contributed by atoms with van der Waals surface area (Å²) in [6, 6.07) is 17.3. The van der Waals surface area contributed by atoms with Crippen molar-refractivity contribution >= 4 is 45.1 Å². The first kappa shape index (κ1) is 23.6. The van der Waals surface area contributed by atoms with Crippen molar-refractivity contribution in [3.8, 4) is 22.6 Å². The molecule has 2 aromatic heterocycles. The molecular formula is C28H19Cl2NO6. The van der Waals surface area contributed by atoms with Gasteiger partial charge in [0.1, 0.15) is 18.1 Å². The van der Waals surface area contributed by atoms with E-state index in [4.69, 9.17) is 41.5 Å². The van der Waals surface area contributed by atoms with E-state index in [-0.39, 0.29) is 5.56 Å². The molecule has 1 aliphatic rings. The third-order valence-corrected chi connectivity index (χ3v) is 6.99. The Morgan fingerprint density at radius 3 is 2.62 bits per heavy atom. The van der Waals surface area contributed by atoms with Gasteiger partial charge in [0.15, 0.2) is 11.3 Å². The molecule has 0 aliphatic carbocycles. The number of methoxy groups -OCH3 is 1. The lowest BCUT2D eigenvalue weighted by Gasteiger charge is -2.29. The molecule has 3 aromatic carbocycles. The summed E-state index contributed by atoms with van der Waals surface area (Å²) in [7, 11) is 1.51. The van der Waals surface area contributed by atoms with E-state index in [1.54, 1.807) is 36.4 Å². The molecule has 0 fully saturated rings. The second-order valence-corrected chi connectivity index (χ2v) is 9.56. The van der Waals surface area contributed by atoms with E-state index >= 15 is 0 Å². The van der Waals surface area contributed by atoms with Gasteiger partial charge in [0.05, 0.1) is 18.2 Å². The minimum atomic E-state index is -0.586. The molecule has 0 unspecified atom stereocenters. The molecule has 37 heavy (non-hydrogen) atoms. The summed E-state index contributed by atoms with van der Waals surface area (Å²) in [4.78, 5) is 27.8. The van der Waals surface area contributed by atoms with Crippen molar-refractivity contribution in [2.24, 2.45) is 0 Å². The molecule has 9 heteroatoms. The van der Waals surface area contributed by atoms with Crippen LogP contribution in [0, 0.1) is 0 Å². The van der Waals surface area contributed by atoms with Gasteiger partial charge in [-0.1, -0.05) is 41.4 Å². The van der Waals surface area contributed by atoms with Crippen molar-refractivity contribution in [2.75, 3.05) is 13.8 Å². The Labute approximate surface area is 220 Å². The molecule has 0 amide bonds. The SMILES string of the molecule is COc1cccc2cc(-c3cc(=O)oc4c5c(ccc34)OCN(Cc3ccc(Cl)cc3Cl)C5)c(=O)oc12. The molecule has 0 spiro atoms. The number of para-hydroxylation sites is 1. The number of ether oxygens (including phenoxy) is 2. The largest absolute Gasteiger partial charge is 0.493 e. The maximum atomic E-state index is 13.0. The van der Waals surface area contributed by atoms with Gasteiger partial charge in [0.25, 0.3) is 0 Å². The van der Waals surface area contributed by atoms with Crippen LogP contribution in [0.4, 0.5) is 0 Å². The molecule has 0 saturated carbocycles. The first-order valence-electron chi connectivity index (χ1n) is 11.4. The van der Waals surface area contributed by atoms with Gasteiger partial charge in [-0.3, -0.25) is 4.90 Å². The molecule has 0 N–H and O–H groups in total. The van der Waals surface area contributed by atoms with Crippen LogP contribution in [0.3, 0.4) is 0 Å². The molecule has 0 atom stereocenters. The highest BCUT2D eigenvalue weighted by molar-refractivity contribution is 6.35. The molecule has 3 heterocycles. The minimum Gasteiger partial charge on any atom is -0.493 e. The maximum Gasteiger partial charge on any atom is 0.344 e. The summed E-state index contributed by atoms with van der Waals surface area (Å²) in [6.07, 6.45) is 0. The molecular weight excluding hydrogens is 517 g/mol. The third kappa shape index (κ3) is 4.25. The highest BCUT2D eigenvalue weighted by Gasteiger charge is 2.24. The van der Waals surface area contributed by atoms with Crippen LogP contribution in [0.5, 0.6) is 11.5 Å². The molecule has 7 nitrogen and oxygen atoms in total. The zero-order valence-corrected chi connectivity index (χ0v) is 21.1. The van der Waals surface area contributed by atoms with Crippen LogP contribution in [0.1, 0.15) is 11.1 Å². The van der Waals surface area contributed by atoms with Crippen molar-refractivity contribution in [1.29, 1.82) is 0 Å². The number of benzene rings is 3. The van der Waals surface area contributed by atoms with Crippen molar-refractivity contribution in [2.45, 2.75) is 13.1 Å². The van der Waals surface area contributed by atoms with Gasteiger partial charge >= 0.3 is 11.3 Å². The van der Waals surface area contributed by atoms with Crippen LogP contribution in [0.2, 0.25) is 10.0 Å². The Kier molecular flexibility index (Phi) is 5.91. The summed E-state index contributed by atoms with van der Waals surface area (Å²) < 4.78 is 22.6. The summed E-state index contributed by atoms with van der Waals surface area (Å²) in [6.45, 7) is 1.28. The standard InChI is InChI=1S/C28H19Cl2NO6/c1-34-24-4-2-3-15-9-20(28(33)37-26(15)24)19-11-25(32)36-27-18(19)7-8-23-21(27)13-31(14-35-23)12-16-5-6-17(29)10-22(16)30/h2-11H,12-14H2,1H3. The van der Waals surface area contributed by atoms with Gasteiger partial charge in [0.2, 0.25) is 0 Å². The Morgan fingerprint density at radius 2 is 1.81 bits per heavy atom. The predicted octanol–water partition coefficient (Wildman–Crippen LogP) is 6.23. The molecule has 0 bridgehead atoms. The van der Waals surface area contributed by atoms with E-state index in [1.807, 2.05) is 23.1 Å². The summed E-state index contributed by atoms with van der Waals surface area (Å²) >= 11 is 12.4. The quantitative estimate of drug-likeness (QED) is 0.252. The van der Waals surface area contributed by atoms with Gasteiger partial charge in [-0.15, -0.1) is 0 Å². The van der Waals surface area contributed by atoms with Gasteiger partial charge in [-0.2, -0.15) is 0 Å². The molecule has 6 rings (SSSR count). The Bertz CT molecular complexity index is 1810. The van der Waals surface area contributed by atoms with E-state index in [0.717, 1.165) is 5.56 Å². The van der Waals surface area contributed by atoms with Crippen LogP contribution in [0.25, 0.3) is 33.1 Å². The van der Waals surface area contributed by atoms with Crippen LogP contribution in [0.15, 0.2) is 79.1 Å². The lowest BCUT2D eigenvalue weighted by Crippen LogP contribution is -2.31. The molecule has 186 valence electrons. The van der Waals surface area contributed by atoms with Gasteiger partial charge < -0.3 is 18.3 Å². The van der Waals surface area contributed by atoms with E-state index in [1.165, 1.54) is 13.2 Å². The zero-order valence-electron chi connectivity index (χ0n) is 19.5. The number of hydrogen-bond donors (Lipinski definition) is 0. The number of rotatable bonds is 4. The summed E-state index contributed by atoms with van der Waals surface area (Å²) in [5.41, 5.74) is 1.80. The second-order valence-electron chi connectivity index (χ2n) is 8.72. The fraction of sp³-hybridized carbons (Fsp3) is 0.143. The van der Waals surface area contributed by atoms with Crippen molar-refractivity contribution < 1.29 is 18.3 Å². The number of fused-ring (bicyclic) bond motifs is 4. The lowest BCUT2D eigenvalue weighted by atomic mass is 9.99. The van der Waals surface area contributed by atoms with Crippen LogP contribution < -0.4 is 20.7 Å². The van der Waals surface area contributed by atoms with Crippen LogP contribution >= 0.6 is 23.2 Å². The van der Waals surface area contributed by atoms with E-state index in [9.17, 15) is 9.59 Å². The van der Waals surface area contributed by atoms with Crippen LogP contribution in [-0.4, -0.2) is 18.7 Å². The second kappa shape index (κ2) is 9.27. The highest BCUT2D eigenvalue weighted by atomic mass is 35.5. The molecule has 0 saturated heterocycles. The van der Waals surface area contributed by atoms with E-state index in [2.05, 4.69) is 0 Å². The number of nitrogens with zero attached hydrogens (tertiary/aromatic N) is 1. The topological polar surface area (TPSA) is 82.1 Å². The Hall–Kier alpha value is -3.78. The Balaban J connectivity index is 1.46. The minimum absolute atomic E-state index is 0.250. The Morgan fingerprint density at radius 1 is 0.946 bits per heavy atom. The van der Waals surface area contributed by atoms with Crippen molar-refractivity contribution in [1.82, 2.24) is 4.90 Å². The fourth-order valence-electron chi connectivity index (χ4n) is 4.66. The first-order valence-corrected chi connectivity index (χ1v) is 12.2. The summed E-state index contributed by atoms with van der Waals surface area (Å²) in [5, 5.41) is 2.39.